The summed E-state index contributed by atoms with van der Waals surface area (Å²) >= 11 is 3.44. The van der Waals surface area contributed by atoms with Crippen LogP contribution in [0.2, 0.25) is 0 Å². The number of aliphatic carboxylic acids is 1. The zero-order chi connectivity index (χ0) is 15.4. The van der Waals surface area contributed by atoms with Crippen molar-refractivity contribution in [3.05, 3.63) is 63.6 Å². The Kier molecular flexibility index (Phi) is 4.81. The molecule has 0 radical (unpaired) electrons. The van der Waals surface area contributed by atoms with E-state index in [1.807, 2.05) is 31.2 Å². The van der Waals surface area contributed by atoms with Crippen LogP contribution in [0.25, 0.3) is 6.08 Å². The number of carbonyl (C=O) groups is 1. The Bertz CT molecular complexity index is 705. The quantitative estimate of drug-likeness (QED) is 0.796. The van der Waals surface area contributed by atoms with Crippen molar-refractivity contribution in [3.63, 3.8) is 0 Å². The van der Waals surface area contributed by atoms with Crippen LogP contribution in [0.15, 0.2) is 46.9 Å². The first-order chi connectivity index (χ1) is 9.95. The lowest BCUT2D eigenvalue weighted by atomic mass is 10.1. The maximum atomic E-state index is 10.5. The van der Waals surface area contributed by atoms with E-state index >= 15 is 0 Å². The molecule has 0 saturated heterocycles. The van der Waals surface area contributed by atoms with E-state index in [4.69, 9.17) is 9.84 Å². The standard InChI is InChI=1S/C17H15BrO3/c1-11-3-6-14(9-12(11)2)21-16-7-4-13(10-15(16)18)5-8-17(19)20/h3-10H,1-2H3,(H,19,20)/b8-5+. The number of ether oxygens (including phenoxy) is 1. The van der Waals surface area contributed by atoms with Crippen molar-refractivity contribution in [2.75, 3.05) is 0 Å². The third-order valence-corrected chi connectivity index (χ3v) is 3.70. The highest BCUT2D eigenvalue weighted by Crippen LogP contribution is 2.31. The van der Waals surface area contributed by atoms with E-state index in [0.717, 1.165) is 21.9 Å². The zero-order valence-corrected chi connectivity index (χ0v) is 13.3. The molecule has 2 aromatic rings. The second kappa shape index (κ2) is 6.59. The number of hydrogen-bond acceptors (Lipinski definition) is 2. The average Bonchev–Trinajstić information content (AvgIpc) is 2.43. The third kappa shape index (κ3) is 4.20. The minimum Gasteiger partial charge on any atom is -0.478 e. The molecule has 0 spiro atoms. The van der Waals surface area contributed by atoms with Crippen LogP contribution in [0.4, 0.5) is 0 Å². The molecule has 0 aliphatic carbocycles. The second-order valence-corrected chi connectivity index (χ2v) is 5.56. The van der Waals surface area contributed by atoms with Crippen molar-refractivity contribution in [2.24, 2.45) is 0 Å². The summed E-state index contributed by atoms with van der Waals surface area (Å²) in [6.07, 6.45) is 2.64. The van der Waals surface area contributed by atoms with Gasteiger partial charge >= 0.3 is 5.97 Å². The molecular weight excluding hydrogens is 332 g/mol. The van der Waals surface area contributed by atoms with Gasteiger partial charge in [0.25, 0.3) is 0 Å². The van der Waals surface area contributed by atoms with Crippen LogP contribution in [0, 0.1) is 13.8 Å². The highest BCUT2D eigenvalue weighted by atomic mass is 79.9. The molecule has 0 aliphatic rings. The molecule has 2 rings (SSSR count). The number of benzene rings is 2. The van der Waals surface area contributed by atoms with Gasteiger partial charge in [-0.2, -0.15) is 0 Å². The topological polar surface area (TPSA) is 46.5 Å². The minimum absolute atomic E-state index is 0.686. The summed E-state index contributed by atoms with van der Waals surface area (Å²) in [6.45, 7) is 4.09. The number of rotatable bonds is 4. The lowest BCUT2D eigenvalue weighted by Crippen LogP contribution is -1.89. The molecule has 0 heterocycles. The van der Waals surface area contributed by atoms with Crippen molar-refractivity contribution in [1.29, 1.82) is 0 Å². The summed E-state index contributed by atoms with van der Waals surface area (Å²) in [5.74, 6) is 0.486. The van der Waals surface area contributed by atoms with Crippen molar-refractivity contribution >= 4 is 28.0 Å². The molecule has 2 aromatic carbocycles. The summed E-state index contributed by atoms with van der Waals surface area (Å²) < 4.78 is 6.61. The molecule has 0 aromatic heterocycles. The van der Waals surface area contributed by atoms with Crippen molar-refractivity contribution < 1.29 is 14.6 Å². The summed E-state index contributed by atoms with van der Waals surface area (Å²) in [5.41, 5.74) is 3.18. The first-order valence-corrected chi connectivity index (χ1v) is 7.20. The van der Waals surface area contributed by atoms with Gasteiger partial charge in [0.15, 0.2) is 0 Å². The molecule has 1 N–H and O–H groups in total. The van der Waals surface area contributed by atoms with Gasteiger partial charge in [-0.1, -0.05) is 12.1 Å². The molecule has 0 amide bonds. The fourth-order valence-corrected chi connectivity index (χ4v) is 2.25. The van der Waals surface area contributed by atoms with E-state index in [0.29, 0.717) is 5.75 Å². The van der Waals surface area contributed by atoms with Gasteiger partial charge in [0.2, 0.25) is 0 Å². The first kappa shape index (κ1) is 15.3. The van der Waals surface area contributed by atoms with Crippen LogP contribution >= 0.6 is 15.9 Å². The van der Waals surface area contributed by atoms with Gasteiger partial charge in [-0.25, -0.2) is 4.79 Å². The largest absolute Gasteiger partial charge is 0.478 e. The van der Waals surface area contributed by atoms with E-state index in [1.165, 1.54) is 17.2 Å². The summed E-state index contributed by atoms with van der Waals surface area (Å²) in [5, 5.41) is 8.62. The van der Waals surface area contributed by atoms with Crippen LogP contribution in [-0.2, 0) is 4.79 Å². The lowest BCUT2D eigenvalue weighted by Gasteiger charge is -2.10. The zero-order valence-electron chi connectivity index (χ0n) is 11.8. The summed E-state index contributed by atoms with van der Waals surface area (Å²) in [6, 6.07) is 11.4. The predicted molar refractivity (Wildman–Crippen MR) is 86.8 cm³/mol. The maximum absolute atomic E-state index is 10.5. The van der Waals surface area contributed by atoms with E-state index in [1.54, 1.807) is 12.1 Å². The fourth-order valence-electron chi connectivity index (χ4n) is 1.78. The highest BCUT2D eigenvalue weighted by molar-refractivity contribution is 9.10. The van der Waals surface area contributed by atoms with Gasteiger partial charge in [-0.3, -0.25) is 0 Å². The third-order valence-electron chi connectivity index (χ3n) is 3.08. The Balaban J connectivity index is 2.21. The SMILES string of the molecule is Cc1ccc(Oc2ccc(/C=C/C(=O)O)cc2Br)cc1C. The van der Waals surface area contributed by atoms with Crippen molar-refractivity contribution in [1.82, 2.24) is 0 Å². The molecule has 108 valence electrons. The Hall–Kier alpha value is -2.07. The molecule has 3 nitrogen and oxygen atoms in total. The van der Waals surface area contributed by atoms with Crippen molar-refractivity contribution in [3.8, 4) is 11.5 Å². The van der Waals surface area contributed by atoms with Crippen LogP contribution in [-0.4, -0.2) is 11.1 Å². The molecule has 0 saturated carbocycles. The van der Waals surface area contributed by atoms with Crippen LogP contribution in [0.5, 0.6) is 11.5 Å². The van der Waals surface area contributed by atoms with Crippen molar-refractivity contribution in [2.45, 2.75) is 13.8 Å². The molecule has 0 bridgehead atoms. The number of hydrogen-bond donors (Lipinski definition) is 1. The Labute approximate surface area is 132 Å². The highest BCUT2D eigenvalue weighted by Gasteiger charge is 2.04. The van der Waals surface area contributed by atoms with Gasteiger partial charge in [0.1, 0.15) is 11.5 Å². The number of halogens is 1. The van der Waals surface area contributed by atoms with Crippen LogP contribution in [0.1, 0.15) is 16.7 Å². The lowest BCUT2D eigenvalue weighted by molar-refractivity contribution is -0.131. The number of carboxylic acids is 1. The monoisotopic (exact) mass is 346 g/mol. The minimum atomic E-state index is -0.971. The van der Waals surface area contributed by atoms with Gasteiger partial charge in [-0.05, 0) is 76.8 Å². The van der Waals surface area contributed by atoms with E-state index < -0.39 is 5.97 Å². The molecule has 0 aliphatic heterocycles. The Morgan fingerprint density at radius 2 is 1.90 bits per heavy atom. The smallest absolute Gasteiger partial charge is 0.328 e. The van der Waals surface area contributed by atoms with Gasteiger partial charge < -0.3 is 9.84 Å². The fraction of sp³-hybridized carbons (Fsp3) is 0.118. The first-order valence-electron chi connectivity index (χ1n) is 6.41. The van der Waals surface area contributed by atoms with Crippen LogP contribution < -0.4 is 4.74 Å². The molecular formula is C17H15BrO3. The van der Waals surface area contributed by atoms with Crippen LogP contribution in [0.3, 0.4) is 0 Å². The van der Waals surface area contributed by atoms with E-state index in [-0.39, 0.29) is 0 Å². The van der Waals surface area contributed by atoms with Gasteiger partial charge in [-0.15, -0.1) is 0 Å². The average molecular weight is 347 g/mol. The van der Waals surface area contributed by atoms with E-state index in [9.17, 15) is 4.79 Å². The molecule has 0 fully saturated rings. The molecule has 0 unspecified atom stereocenters. The normalized spacial score (nSPS) is 10.8. The van der Waals surface area contributed by atoms with E-state index in [2.05, 4.69) is 22.9 Å². The Morgan fingerprint density at radius 3 is 2.52 bits per heavy atom. The second-order valence-electron chi connectivity index (χ2n) is 4.71. The summed E-state index contributed by atoms with van der Waals surface area (Å²) in [4.78, 5) is 10.5. The molecule has 4 heteroatoms. The number of aryl methyl sites for hydroxylation is 2. The van der Waals surface area contributed by atoms with Gasteiger partial charge in [0.05, 0.1) is 4.47 Å². The van der Waals surface area contributed by atoms with Gasteiger partial charge in [0, 0.05) is 6.08 Å². The number of carboxylic acid groups (broad SMARTS) is 1. The predicted octanol–water partition coefficient (Wildman–Crippen LogP) is 4.96. The maximum Gasteiger partial charge on any atom is 0.328 e. The Morgan fingerprint density at radius 1 is 1.14 bits per heavy atom. The molecule has 21 heavy (non-hydrogen) atoms. The summed E-state index contributed by atoms with van der Waals surface area (Å²) in [7, 11) is 0. The molecule has 0 atom stereocenters.